The fraction of sp³-hybridized carbons (Fsp3) is 0.450. The van der Waals surface area contributed by atoms with Crippen LogP contribution in [0.1, 0.15) is 60.0 Å². The third kappa shape index (κ3) is 4.50. The standard InChI is InChI=1S/C20H27N3O3/c1-6-15(7-2)16-11-17(26-22-16)20(25)23(5)12-18(24)21-19-13(3)9-8-10-14(19)4/h8-11,15H,6-7,12H2,1-5H3,(H,21,24). The van der Waals surface area contributed by atoms with Crippen LogP contribution in [0.15, 0.2) is 28.8 Å². The van der Waals surface area contributed by atoms with Gasteiger partial charge in [0.1, 0.15) is 0 Å². The minimum absolute atomic E-state index is 0.0619. The second-order valence-corrected chi connectivity index (χ2v) is 6.61. The third-order valence-electron chi connectivity index (χ3n) is 4.62. The van der Waals surface area contributed by atoms with Crippen LogP contribution < -0.4 is 5.32 Å². The molecule has 140 valence electrons. The van der Waals surface area contributed by atoms with Gasteiger partial charge in [-0.05, 0) is 37.8 Å². The van der Waals surface area contributed by atoms with Crippen LogP contribution >= 0.6 is 0 Å². The molecule has 26 heavy (non-hydrogen) atoms. The first-order valence-electron chi connectivity index (χ1n) is 8.95. The summed E-state index contributed by atoms with van der Waals surface area (Å²) in [6.45, 7) is 7.97. The Morgan fingerprint density at radius 2 is 1.81 bits per heavy atom. The molecule has 0 saturated heterocycles. The molecule has 0 radical (unpaired) electrons. The van der Waals surface area contributed by atoms with Gasteiger partial charge in [-0.2, -0.15) is 0 Å². The molecule has 0 fully saturated rings. The molecule has 6 heteroatoms. The Balaban J connectivity index is 2.01. The fourth-order valence-corrected chi connectivity index (χ4v) is 2.95. The highest BCUT2D eigenvalue weighted by Gasteiger charge is 2.22. The van der Waals surface area contributed by atoms with Crippen LogP contribution in [0.4, 0.5) is 5.69 Å². The van der Waals surface area contributed by atoms with Crippen LogP contribution in [0, 0.1) is 13.8 Å². The summed E-state index contributed by atoms with van der Waals surface area (Å²) >= 11 is 0. The molecule has 0 aliphatic carbocycles. The smallest absolute Gasteiger partial charge is 0.292 e. The highest BCUT2D eigenvalue weighted by atomic mass is 16.5. The third-order valence-corrected chi connectivity index (χ3v) is 4.62. The first kappa shape index (κ1) is 19.7. The Morgan fingerprint density at radius 3 is 2.38 bits per heavy atom. The Kier molecular flexibility index (Phi) is 6.55. The van der Waals surface area contributed by atoms with Crippen molar-refractivity contribution >= 4 is 17.5 Å². The predicted molar refractivity (Wildman–Crippen MR) is 101 cm³/mol. The molecule has 2 aromatic rings. The zero-order valence-corrected chi connectivity index (χ0v) is 16.1. The van der Waals surface area contributed by atoms with Gasteiger partial charge in [0, 0.05) is 24.7 Å². The summed E-state index contributed by atoms with van der Waals surface area (Å²) in [6, 6.07) is 7.49. The summed E-state index contributed by atoms with van der Waals surface area (Å²) in [7, 11) is 1.58. The average molecular weight is 357 g/mol. The van der Waals surface area contributed by atoms with Crippen LogP contribution in [0.2, 0.25) is 0 Å². The summed E-state index contributed by atoms with van der Waals surface area (Å²) in [6.07, 6.45) is 1.87. The summed E-state index contributed by atoms with van der Waals surface area (Å²) < 4.78 is 5.20. The van der Waals surface area contributed by atoms with Crippen molar-refractivity contribution in [3.63, 3.8) is 0 Å². The Hall–Kier alpha value is -2.63. The van der Waals surface area contributed by atoms with Gasteiger partial charge in [-0.15, -0.1) is 0 Å². The van der Waals surface area contributed by atoms with E-state index in [4.69, 9.17) is 4.52 Å². The van der Waals surface area contributed by atoms with Crippen molar-refractivity contribution < 1.29 is 14.1 Å². The number of benzene rings is 1. The minimum Gasteiger partial charge on any atom is -0.351 e. The topological polar surface area (TPSA) is 75.4 Å². The minimum atomic E-state index is -0.355. The molecular weight excluding hydrogens is 330 g/mol. The van der Waals surface area contributed by atoms with Crippen LogP contribution in [-0.2, 0) is 4.79 Å². The molecule has 1 aromatic carbocycles. The van der Waals surface area contributed by atoms with Crippen molar-refractivity contribution in [3.8, 4) is 0 Å². The number of rotatable bonds is 7. The number of aryl methyl sites for hydroxylation is 2. The molecule has 6 nitrogen and oxygen atoms in total. The van der Waals surface area contributed by atoms with Gasteiger partial charge in [0.2, 0.25) is 11.7 Å². The van der Waals surface area contributed by atoms with E-state index in [1.54, 1.807) is 13.1 Å². The van der Waals surface area contributed by atoms with Crippen molar-refractivity contribution in [2.45, 2.75) is 46.5 Å². The first-order valence-corrected chi connectivity index (χ1v) is 8.95. The van der Waals surface area contributed by atoms with Gasteiger partial charge in [0.05, 0.1) is 12.2 Å². The molecule has 0 unspecified atom stereocenters. The fourth-order valence-electron chi connectivity index (χ4n) is 2.95. The van der Waals surface area contributed by atoms with Crippen LogP contribution in [-0.4, -0.2) is 35.5 Å². The number of hydrogen-bond acceptors (Lipinski definition) is 4. The van der Waals surface area contributed by atoms with Crippen LogP contribution in [0.5, 0.6) is 0 Å². The molecule has 0 spiro atoms. The van der Waals surface area contributed by atoms with E-state index in [2.05, 4.69) is 24.3 Å². The van der Waals surface area contributed by atoms with E-state index in [-0.39, 0.29) is 30.0 Å². The molecule has 1 aromatic heterocycles. The molecule has 0 aliphatic rings. The first-order chi connectivity index (χ1) is 12.4. The number of amides is 2. The number of para-hydroxylation sites is 1. The van der Waals surface area contributed by atoms with Gasteiger partial charge in [-0.25, -0.2) is 0 Å². The maximum atomic E-state index is 12.5. The van der Waals surface area contributed by atoms with Crippen molar-refractivity contribution in [3.05, 3.63) is 46.8 Å². The second-order valence-electron chi connectivity index (χ2n) is 6.61. The molecule has 0 aliphatic heterocycles. The van der Waals surface area contributed by atoms with E-state index in [1.807, 2.05) is 32.0 Å². The van der Waals surface area contributed by atoms with Gasteiger partial charge >= 0.3 is 0 Å². The van der Waals surface area contributed by atoms with Gasteiger partial charge in [0.15, 0.2) is 0 Å². The summed E-state index contributed by atoms with van der Waals surface area (Å²) in [5, 5.41) is 6.89. The Bertz CT molecular complexity index is 758. The number of aromatic nitrogens is 1. The lowest BCUT2D eigenvalue weighted by atomic mass is 9.99. The average Bonchev–Trinajstić information content (AvgIpc) is 3.08. The number of carbonyl (C=O) groups excluding carboxylic acids is 2. The number of likely N-dealkylation sites (N-methyl/N-ethyl adjacent to an activating group) is 1. The van der Waals surface area contributed by atoms with E-state index >= 15 is 0 Å². The normalized spacial score (nSPS) is 10.8. The van der Waals surface area contributed by atoms with Crippen molar-refractivity contribution in [1.29, 1.82) is 0 Å². The van der Waals surface area contributed by atoms with Crippen molar-refractivity contribution in [2.75, 3.05) is 18.9 Å². The lowest BCUT2D eigenvalue weighted by Gasteiger charge is -2.17. The molecule has 0 saturated carbocycles. The highest BCUT2D eigenvalue weighted by molar-refractivity contribution is 5.98. The van der Waals surface area contributed by atoms with E-state index in [9.17, 15) is 9.59 Å². The summed E-state index contributed by atoms with van der Waals surface area (Å²) in [5.74, 6) is -0.170. The number of carbonyl (C=O) groups is 2. The molecular formula is C20H27N3O3. The largest absolute Gasteiger partial charge is 0.351 e. The Labute approximate surface area is 154 Å². The number of nitrogens with zero attached hydrogens (tertiary/aromatic N) is 2. The van der Waals surface area contributed by atoms with Crippen molar-refractivity contribution in [2.24, 2.45) is 0 Å². The lowest BCUT2D eigenvalue weighted by Crippen LogP contribution is -2.35. The second kappa shape index (κ2) is 8.65. The van der Waals surface area contributed by atoms with Crippen LogP contribution in [0.3, 0.4) is 0 Å². The molecule has 1 N–H and O–H groups in total. The van der Waals surface area contributed by atoms with E-state index in [1.165, 1.54) is 4.90 Å². The van der Waals surface area contributed by atoms with Gasteiger partial charge in [-0.1, -0.05) is 37.2 Å². The van der Waals surface area contributed by atoms with Gasteiger partial charge < -0.3 is 14.7 Å². The zero-order valence-electron chi connectivity index (χ0n) is 16.1. The molecule has 1 heterocycles. The predicted octanol–water partition coefficient (Wildman–Crippen LogP) is 3.91. The van der Waals surface area contributed by atoms with Gasteiger partial charge in [-0.3, -0.25) is 9.59 Å². The Morgan fingerprint density at radius 1 is 1.19 bits per heavy atom. The molecule has 2 amide bonds. The van der Waals surface area contributed by atoms with E-state index in [0.29, 0.717) is 0 Å². The molecule has 0 atom stereocenters. The quantitative estimate of drug-likeness (QED) is 0.815. The SMILES string of the molecule is CCC(CC)c1cc(C(=O)N(C)CC(=O)Nc2c(C)cccc2C)on1. The monoisotopic (exact) mass is 357 g/mol. The highest BCUT2D eigenvalue weighted by Crippen LogP contribution is 2.23. The lowest BCUT2D eigenvalue weighted by molar-refractivity contribution is -0.116. The molecule has 2 rings (SSSR count). The maximum absolute atomic E-state index is 12.5. The summed E-state index contributed by atoms with van der Waals surface area (Å²) in [5.41, 5.74) is 3.54. The number of nitrogens with one attached hydrogen (secondary N) is 1. The summed E-state index contributed by atoms with van der Waals surface area (Å²) in [4.78, 5) is 26.1. The maximum Gasteiger partial charge on any atom is 0.292 e. The van der Waals surface area contributed by atoms with E-state index in [0.717, 1.165) is 35.3 Å². The van der Waals surface area contributed by atoms with E-state index < -0.39 is 0 Å². The van der Waals surface area contributed by atoms with Crippen LogP contribution in [0.25, 0.3) is 0 Å². The molecule has 0 bridgehead atoms. The van der Waals surface area contributed by atoms with Gasteiger partial charge in [0.25, 0.3) is 5.91 Å². The van der Waals surface area contributed by atoms with Crippen molar-refractivity contribution in [1.82, 2.24) is 10.1 Å². The number of anilines is 1. The zero-order chi connectivity index (χ0) is 19.3. The number of hydrogen-bond donors (Lipinski definition) is 1.